The van der Waals surface area contributed by atoms with Crippen LogP contribution in [0.3, 0.4) is 0 Å². The number of aryl methyl sites for hydroxylation is 1. The van der Waals surface area contributed by atoms with E-state index in [2.05, 4.69) is 129 Å². The van der Waals surface area contributed by atoms with Crippen LogP contribution in [0.1, 0.15) is 37.3 Å². The Kier molecular flexibility index (Phi) is 4.99. The Balaban J connectivity index is 1.74. The summed E-state index contributed by atoms with van der Waals surface area (Å²) in [5.74, 6) is 0.521. The third-order valence-electron chi connectivity index (χ3n) is 7.35. The number of para-hydroxylation sites is 1. The van der Waals surface area contributed by atoms with Crippen LogP contribution in [0.5, 0.6) is 0 Å². The van der Waals surface area contributed by atoms with E-state index in [1.807, 2.05) is 0 Å². The van der Waals surface area contributed by atoms with Crippen LogP contribution in [0, 0.1) is 6.92 Å². The Bertz CT molecular complexity index is 1510. The highest BCUT2D eigenvalue weighted by molar-refractivity contribution is 6.06. The lowest BCUT2D eigenvalue weighted by Crippen LogP contribution is -2.11. The summed E-state index contributed by atoms with van der Waals surface area (Å²) in [6.07, 6.45) is 1.13. The quantitative estimate of drug-likeness (QED) is 0.265. The molecule has 1 atom stereocenters. The number of anilines is 3. The average molecular weight is 440 g/mol. The third-order valence-corrected chi connectivity index (χ3v) is 7.35. The molecular formula is C33H29N. The van der Waals surface area contributed by atoms with E-state index in [-0.39, 0.29) is 0 Å². The van der Waals surface area contributed by atoms with Gasteiger partial charge in [-0.05, 0) is 89.2 Å². The van der Waals surface area contributed by atoms with E-state index in [0.717, 1.165) is 6.42 Å². The predicted molar refractivity (Wildman–Crippen MR) is 147 cm³/mol. The van der Waals surface area contributed by atoms with Gasteiger partial charge in [0.15, 0.2) is 0 Å². The lowest BCUT2D eigenvalue weighted by atomic mass is 9.89. The molecule has 5 aromatic rings. The first-order chi connectivity index (χ1) is 16.6. The first-order valence-corrected chi connectivity index (χ1v) is 12.3. The summed E-state index contributed by atoms with van der Waals surface area (Å²) in [4.78, 5) is 2.44. The van der Waals surface area contributed by atoms with Crippen LogP contribution in [0.25, 0.3) is 33.0 Å². The second-order valence-electron chi connectivity index (χ2n) is 9.52. The highest BCUT2D eigenvalue weighted by Gasteiger charge is 2.26. The molecule has 5 aromatic carbocycles. The molecule has 166 valence electrons. The third kappa shape index (κ3) is 3.31. The summed E-state index contributed by atoms with van der Waals surface area (Å²) in [6, 6.07) is 38.3. The average Bonchev–Trinajstić information content (AvgIpc) is 3.00. The van der Waals surface area contributed by atoms with Gasteiger partial charge in [0, 0.05) is 16.8 Å². The van der Waals surface area contributed by atoms with Crippen LogP contribution in [-0.2, 0) is 0 Å². The van der Waals surface area contributed by atoms with Crippen LogP contribution in [0.4, 0.5) is 17.1 Å². The lowest BCUT2D eigenvalue weighted by molar-refractivity contribution is 0.734. The van der Waals surface area contributed by atoms with Crippen LogP contribution >= 0.6 is 0 Å². The zero-order chi connectivity index (χ0) is 23.2. The topological polar surface area (TPSA) is 3.24 Å². The molecule has 0 aromatic heterocycles. The van der Waals surface area contributed by atoms with E-state index in [4.69, 9.17) is 0 Å². The van der Waals surface area contributed by atoms with E-state index in [9.17, 15) is 0 Å². The molecule has 1 nitrogen and oxygen atoms in total. The van der Waals surface area contributed by atoms with Gasteiger partial charge in [-0.15, -0.1) is 0 Å². The van der Waals surface area contributed by atoms with E-state index in [1.165, 1.54) is 61.2 Å². The molecule has 0 N–H and O–H groups in total. The van der Waals surface area contributed by atoms with Gasteiger partial charge in [-0.25, -0.2) is 0 Å². The molecule has 0 spiro atoms. The fraction of sp³-hybridized carbons (Fsp3) is 0.152. The Hall–Kier alpha value is -3.84. The first-order valence-electron chi connectivity index (χ1n) is 12.3. The van der Waals surface area contributed by atoms with Crippen LogP contribution in [-0.4, -0.2) is 0 Å². The van der Waals surface area contributed by atoms with E-state index < -0.39 is 0 Å². The smallest absolute Gasteiger partial charge is 0.0540 e. The van der Waals surface area contributed by atoms with E-state index >= 15 is 0 Å². The van der Waals surface area contributed by atoms with Crippen molar-refractivity contribution in [3.05, 3.63) is 114 Å². The van der Waals surface area contributed by atoms with Gasteiger partial charge in [0.05, 0.1) is 11.4 Å². The van der Waals surface area contributed by atoms with Gasteiger partial charge in [-0.1, -0.05) is 80.1 Å². The molecule has 0 aliphatic carbocycles. The van der Waals surface area contributed by atoms with Crippen molar-refractivity contribution in [2.45, 2.75) is 33.1 Å². The van der Waals surface area contributed by atoms with Gasteiger partial charge in [0.1, 0.15) is 0 Å². The Morgan fingerprint density at radius 2 is 1.24 bits per heavy atom. The summed E-state index contributed by atoms with van der Waals surface area (Å²) in [7, 11) is 0. The molecule has 1 unspecified atom stereocenters. The molecule has 34 heavy (non-hydrogen) atoms. The molecule has 0 fully saturated rings. The highest BCUT2D eigenvalue weighted by Crippen LogP contribution is 2.52. The summed E-state index contributed by atoms with van der Waals surface area (Å²) in [5, 5.41) is 2.56. The van der Waals surface area contributed by atoms with Crippen LogP contribution < -0.4 is 4.90 Å². The number of rotatable bonds is 3. The summed E-state index contributed by atoms with van der Waals surface area (Å²) in [5.41, 5.74) is 11.5. The fourth-order valence-corrected chi connectivity index (χ4v) is 5.19. The van der Waals surface area contributed by atoms with Crippen molar-refractivity contribution in [2.24, 2.45) is 0 Å². The molecule has 1 heteroatoms. The first kappa shape index (κ1) is 20.7. The molecule has 0 amide bonds. The van der Waals surface area contributed by atoms with Crippen molar-refractivity contribution in [1.82, 2.24) is 0 Å². The van der Waals surface area contributed by atoms with Crippen molar-refractivity contribution >= 4 is 27.8 Å². The lowest BCUT2D eigenvalue weighted by Gasteiger charge is -2.28. The maximum Gasteiger partial charge on any atom is 0.0540 e. The SMILES string of the molecule is CCC(C)c1ccc2c(c1)-c1cc3ccccc3cc1-c1ccccc1N2c1ccc(C)cc1. The minimum atomic E-state index is 0.521. The molecule has 0 saturated heterocycles. The van der Waals surface area contributed by atoms with Crippen molar-refractivity contribution in [3.8, 4) is 22.3 Å². The number of benzene rings is 5. The fourth-order valence-electron chi connectivity index (χ4n) is 5.19. The maximum absolute atomic E-state index is 2.44. The van der Waals surface area contributed by atoms with Gasteiger partial charge in [0.25, 0.3) is 0 Å². The van der Waals surface area contributed by atoms with Gasteiger partial charge in [0.2, 0.25) is 0 Å². The van der Waals surface area contributed by atoms with Crippen LogP contribution in [0.2, 0.25) is 0 Å². The molecule has 0 radical (unpaired) electrons. The second-order valence-corrected chi connectivity index (χ2v) is 9.52. The molecule has 1 aliphatic rings. The van der Waals surface area contributed by atoms with Crippen molar-refractivity contribution < 1.29 is 0 Å². The van der Waals surface area contributed by atoms with Crippen LogP contribution in [0.15, 0.2) is 103 Å². The minimum Gasteiger partial charge on any atom is -0.309 e. The largest absolute Gasteiger partial charge is 0.309 e. The number of hydrogen-bond donors (Lipinski definition) is 0. The van der Waals surface area contributed by atoms with Gasteiger partial charge in [-0.2, -0.15) is 0 Å². The van der Waals surface area contributed by atoms with E-state index in [1.54, 1.807) is 0 Å². The van der Waals surface area contributed by atoms with Gasteiger partial charge >= 0.3 is 0 Å². The number of hydrogen-bond acceptors (Lipinski definition) is 1. The Morgan fingerprint density at radius 1 is 0.618 bits per heavy atom. The molecule has 1 heterocycles. The summed E-state index contributed by atoms with van der Waals surface area (Å²) < 4.78 is 0. The van der Waals surface area contributed by atoms with Gasteiger partial charge in [-0.3, -0.25) is 0 Å². The Labute approximate surface area is 202 Å². The monoisotopic (exact) mass is 439 g/mol. The highest BCUT2D eigenvalue weighted by atomic mass is 15.1. The molecule has 0 bridgehead atoms. The minimum absolute atomic E-state index is 0.521. The number of fused-ring (bicyclic) bond motifs is 6. The van der Waals surface area contributed by atoms with Crippen molar-refractivity contribution in [2.75, 3.05) is 4.90 Å². The van der Waals surface area contributed by atoms with Gasteiger partial charge < -0.3 is 4.90 Å². The summed E-state index contributed by atoms with van der Waals surface area (Å²) in [6.45, 7) is 6.74. The molecular weight excluding hydrogens is 410 g/mol. The maximum atomic E-state index is 2.44. The molecule has 6 rings (SSSR count). The summed E-state index contributed by atoms with van der Waals surface area (Å²) >= 11 is 0. The number of nitrogens with zero attached hydrogens (tertiary/aromatic N) is 1. The standard InChI is InChI=1S/C33H29N/c1-4-23(3)24-15-18-33-31(19-24)30-21-26-10-6-5-9-25(26)20-29(30)28-11-7-8-12-32(28)34(33)27-16-13-22(2)14-17-27/h5-21,23H,4H2,1-3H3. The van der Waals surface area contributed by atoms with E-state index in [0.29, 0.717) is 5.92 Å². The predicted octanol–water partition coefficient (Wildman–Crippen LogP) is 9.78. The Morgan fingerprint density at radius 3 is 1.94 bits per heavy atom. The van der Waals surface area contributed by atoms with Crippen molar-refractivity contribution in [1.29, 1.82) is 0 Å². The molecule has 1 aliphatic heterocycles. The van der Waals surface area contributed by atoms with Crippen molar-refractivity contribution in [3.63, 3.8) is 0 Å². The molecule has 0 saturated carbocycles. The zero-order valence-electron chi connectivity index (χ0n) is 20.0. The zero-order valence-corrected chi connectivity index (χ0v) is 20.0. The second kappa shape index (κ2) is 8.18. The normalized spacial score (nSPS) is 13.1.